The molecule has 1 rings (SSSR count). The maximum atomic E-state index is 13.0. The van der Waals surface area contributed by atoms with E-state index < -0.39 is 18.3 Å². The summed E-state index contributed by atoms with van der Waals surface area (Å²) in [7, 11) is 0. The molecule has 0 saturated heterocycles. The van der Waals surface area contributed by atoms with Gasteiger partial charge in [0.05, 0.1) is 0 Å². The van der Waals surface area contributed by atoms with Crippen molar-refractivity contribution in [2.24, 2.45) is 0 Å². The molecule has 0 bridgehead atoms. The highest BCUT2D eigenvalue weighted by Gasteiger charge is 2.27. The van der Waals surface area contributed by atoms with Crippen LogP contribution < -0.4 is 0 Å². The molecule has 0 radical (unpaired) electrons. The minimum atomic E-state index is -2.42. The fourth-order valence-electron chi connectivity index (χ4n) is 1.25. The number of carbonyl (C=O) groups is 1. The molecule has 1 aromatic rings. The van der Waals surface area contributed by atoms with Crippen molar-refractivity contribution >= 4 is 5.97 Å². The van der Waals surface area contributed by atoms with Crippen molar-refractivity contribution in [1.82, 2.24) is 0 Å². The molecule has 2 atom stereocenters. The second-order valence-corrected chi connectivity index (χ2v) is 3.28. The highest BCUT2D eigenvalue weighted by atomic mass is 19.2. The molecule has 2 unspecified atom stereocenters. The van der Waals surface area contributed by atoms with Gasteiger partial charge in [-0.15, -0.1) is 0 Å². The predicted molar refractivity (Wildman–Crippen MR) is 52.2 cm³/mol. The molecule has 4 heteroatoms. The van der Waals surface area contributed by atoms with Gasteiger partial charge in [0.2, 0.25) is 6.17 Å². The molecule has 0 aliphatic carbocycles. The average Bonchev–Trinajstić information content (AvgIpc) is 2.26. The standard InChI is InChI=1S/C11H12F2O2/c12-9(10(13)11(14)15)7-6-8-4-2-1-3-5-8/h1-5,9-10H,6-7H2,(H,14,15). The monoisotopic (exact) mass is 214 g/mol. The van der Waals surface area contributed by atoms with Crippen LogP contribution in [0.2, 0.25) is 0 Å². The summed E-state index contributed by atoms with van der Waals surface area (Å²) >= 11 is 0. The smallest absolute Gasteiger partial charge is 0.341 e. The summed E-state index contributed by atoms with van der Waals surface area (Å²) in [5.41, 5.74) is 0.873. The van der Waals surface area contributed by atoms with E-state index in [-0.39, 0.29) is 6.42 Å². The van der Waals surface area contributed by atoms with Crippen molar-refractivity contribution in [3.63, 3.8) is 0 Å². The molecule has 0 saturated carbocycles. The summed E-state index contributed by atoms with van der Waals surface area (Å²) < 4.78 is 25.6. The molecule has 0 aliphatic heterocycles. The van der Waals surface area contributed by atoms with Crippen LogP contribution in [0.5, 0.6) is 0 Å². The summed E-state index contributed by atoms with van der Waals surface area (Å²) in [5.74, 6) is -1.74. The van der Waals surface area contributed by atoms with E-state index in [0.717, 1.165) is 5.56 Å². The quantitative estimate of drug-likeness (QED) is 0.817. The van der Waals surface area contributed by atoms with E-state index in [0.29, 0.717) is 6.42 Å². The van der Waals surface area contributed by atoms with Gasteiger partial charge in [-0.25, -0.2) is 13.6 Å². The Bertz CT molecular complexity index is 314. The van der Waals surface area contributed by atoms with E-state index in [2.05, 4.69) is 0 Å². The van der Waals surface area contributed by atoms with E-state index in [1.165, 1.54) is 0 Å². The number of rotatable bonds is 5. The summed E-state index contributed by atoms with van der Waals surface area (Å²) in [5, 5.41) is 8.23. The van der Waals surface area contributed by atoms with Crippen LogP contribution in [-0.4, -0.2) is 23.4 Å². The molecule has 0 aliphatic rings. The van der Waals surface area contributed by atoms with Crippen LogP contribution in [0.4, 0.5) is 8.78 Å². The first-order valence-corrected chi connectivity index (χ1v) is 4.66. The molecule has 1 aromatic carbocycles. The van der Waals surface area contributed by atoms with E-state index >= 15 is 0 Å². The maximum Gasteiger partial charge on any atom is 0.341 e. The lowest BCUT2D eigenvalue weighted by molar-refractivity contribution is -0.145. The lowest BCUT2D eigenvalue weighted by atomic mass is 10.1. The van der Waals surface area contributed by atoms with Crippen molar-refractivity contribution in [2.45, 2.75) is 25.2 Å². The Labute approximate surface area is 86.5 Å². The first kappa shape index (κ1) is 11.6. The lowest BCUT2D eigenvalue weighted by Gasteiger charge is -2.09. The van der Waals surface area contributed by atoms with Crippen molar-refractivity contribution in [3.8, 4) is 0 Å². The Kier molecular flexibility index (Phi) is 4.21. The molecule has 0 heterocycles. The van der Waals surface area contributed by atoms with Gasteiger partial charge < -0.3 is 5.11 Å². The van der Waals surface area contributed by atoms with E-state index in [1.54, 1.807) is 24.3 Å². The van der Waals surface area contributed by atoms with Crippen molar-refractivity contribution in [2.75, 3.05) is 0 Å². The normalized spacial score (nSPS) is 14.5. The molecule has 82 valence electrons. The topological polar surface area (TPSA) is 37.3 Å². The maximum absolute atomic E-state index is 13.0. The number of aliphatic carboxylic acids is 1. The zero-order valence-corrected chi connectivity index (χ0v) is 8.07. The van der Waals surface area contributed by atoms with E-state index in [9.17, 15) is 13.6 Å². The minimum absolute atomic E-state index is 0.114. The zero-order valence-electron chi connectivity index (χ0n) is 8.07. The highest BCUT2D eigenvalue weighted by molar-refractivity contribution is 5.72. The number of halogens is 2. The van der Waals surface area contributed by atoms with Gasteiger partial charge in [-0.05, 0) is 18.4 Å². The van der Waals surface area contributed by atoms with Gasteiger partial charge in [-0.3, -0.25) is 0 Å². The van der Waals surface area contributed by atoms with E-state index in [4.69, 9.17) is 5.11 Å². The van der Waals surface area contributed by atoms with Crippen LogP contribution in [0.25, 0.3) is 0 Å². The first-order valence-electron chi connectivity index (χ1n) is 4.66. The Morgan fingerprint density at radius 2 is 1.87 bits per heavy atom. The molecule has 2 nitrogen and oxygen atoms in total. The third-order valence-corrected chi connectivity index (χ3v) is 2.11. The van der Waals surface area contributed by atoms with Crippen molar-refractivity contribution < 1.29 is 18.7 Å². The minimum Gasteiger partial charge on any atom is -0.479 e. The summed E-state index contributed by atoms with van der Waals surface area (Å²) in [6.07, 6.45) is -4.14. The number of carboxylic acids is 1. The fourth-order valence-corrected chi connectivity index (χ4v) is 1.25. The van der Waals surface area contributed by atoms with Crippen LogP contribution in [0, 0.1) is 0 Å². The third kappa shape index (κ3) is 3.65. The van der Waals surface area contributed by atoms with Crippen molar-refractivity contribution in [1.29, 1.82) is 0 Å². The van der Waals surface area contributed by atoms with E-state index in [1.807, 2.05) is 6.07 Å². The van der Waals surface area contributed by atoms with Crippen LogP contribution in [0.1, 0.15) is 12.0 Å². The fraction of sp³-hybridized carbons (Fsp3) is 0.364. The lowest BCUT2D eigenvalue weighted by Crippen LogP contribution is -2.26. The highest BCUT2D eigenvalue weighted by Crippen LogP contribution is 2.12. The largest absolute Gasteiger partial charge is 0.479 e. The molecule has 15 heavy (non-hydrogen) atoms. The SMILES string of the molecule is O=C(O)C(F)C(F)CCc1ccccc1. The number of hydrogen-bond acceptors (Lipinski definition) is 1. The summed E-state index contributed by atoms with van der Waals surface area (Å²) in [4.78, 5) is 10.1. The van der Waals surface area contributed by atoms with Crippen LogP contribution >= 0.6 is 0 Å². The molecule has 0 fully saturated rings. The number of benzene rings is 1. The molecule has 0 spiro atoms. The number of alkyl halides is 2. The van der Waals surface area contributed by atoms with Gasteiger partial charge in [-0.2, -0.15) is 0 Å². The Hall–Kier alpha value is -1.45. The Morgan fingerprint density at radius 1 is 1.27 bits per heavy atom. The Balaban J connectivity index is 2.41. The van der Waals surface area contributed by atoms with Gasteiger partial charge in [0.15, 0.2) is 0 Å². The molecule has 0 amide bonds. The molecular weight excluding hydrogens is 202 g/mol. The van der Waals surface area contributed by atoms with Gasteiger partial charge >= 0.3 is 5.97 Å². The zero-order chi connectivity index (χ0) is 11.3. The summed E-state index contributed by atoms with van der Waals surface area (Å²) in [6.45, 7) is 0. The van der Waals surface area contributed by atoms with Gasteiger partial charge in [0.25, 0.3) is 0 Å². The van der Waals surface area contributed by atoms with Crippen LogP contribution in [0.15, 0.2) is 30.3 Å². The second kappa shape index (κ2) is 5.44. The van der Waals surface area contributed by atoms with Gasteiger partial charge in [0, 0.05) is 0 Å². The first-order chi connectivity index (χ1) is 7.11. The molecule has 0 aromatic heterocycles. The molecule has 1 N–H and O–H groups in total. The van der Waals surface area contributed by atoms with Crippen molar-refractivity contribution in [3.05, 3.63) is 35.9 Å². The Morgan fingerprint density at radius 3 is 2.40 bits per heavy atom. The second-order valence-electron chi connectivity index (χ2n) is 3.28. The number of aryl methyl sites for hydroxylation is 1. The number of hydrogen-bond donors (Lipinski definition) is 1. The predicted octanol–water partition coefficient (Wildman–Crippen LogP) is 2.38. The summed E-state index contributed by atoms with van der Waals surface area (Å²) in [6, 6.07) is 9.01. The van der Waals surface area contributed by atoms with Gasteiger partial charge in [0.1, 0.15) is 6.17 Å². The van der Waals surface area contributed by atoms with Crippen LogP contribution in [0.3, 0.4) is 0 Å². The molecular formula is C11H12F2O2. The van der Waals surface area contributed by atoms with Gasteiger partial charge in [-0.1, -0.05) is 30.3 Å². The van der Waals surface area contributed by atoms with Crippen LogP contribution in [-0.2, 0) is 11.2 Å². The third-order valence-electron chi connectivity index (χ3n) is 2.11. The average molecular weight is 214 g/mol. The number of carboxylic acid groups (broad SMARTS) is 1.